The SMILES string of the molecule is CC(C)CC(NC(=O)c1cc(F)cc([N+](=O)[O-])c1)C(=O)O. The van der Waals surface area contributed by atoms with Crippen molar-refractivity contribution < 1.29 is 24.0 Å². The van der Waals surface area contributed by atoms with E-state index < -0.39 is 34.3 Å². The number of carbonyl (C=O) groups excluding carboxylic acids is 1. The molecular formula is C13H15FN2O5. The van der Waals surface area contributed by atoms with Crippen molar-refractivity contribution in [2.24, 2.45) is 5.92 Å². The molecule has 1 atom stereocenters. The van der Waals surface area contributed by atoms with Gasteiger partial charge in [-0.3, -0.25) is 14.9 Å². The summed E-state index contributed by atoms with van der Waals surface area (Å²) >= 11 is 0. The van der Waals surface area contributed by atoms with Crippen molar-refractivity contribution in [2.45, 2.75) is 26.3 Å². The van der Waals surface area contributed by atoms with Gasteiger partial charge in [0.2, 0.25) is 0 Å². The van der Waals surface area contributed by atoms with E-state index in [4.69, 9.17) is 5.11 Å². The summed E-state index contributed by atoms with van der Waals surface area (Å²) in [6.45, 7) is 3.57. The zero-order valence-corrected chi connectivity index (χ0v) is 11.5. The third-order valence-electron chi connectivity index (χ3n) is 2.67. The van der Waals surface area contributed by atoms with Crippen molar-refractivity contribution in [2.75, 3.05) is 0 Å². The number of nitro groups is 1. The van der Waals surface area contributed by atoms with E-state index in [9.17, 15) is 24.1 Å². The van der Waals surface area contributed by atoms with Gasteiger partial charge in [0.05, 0.1) is 11.0 Å². The molecular weight excluding hydrogens is 283 g/mol. The standard InChI is InChI=1S/C13H15FN2O5/c1-7(2)3-11(13(18)19)15-12(17)8-4-9(14)6-10(5-8)16(20)21/h4-7,11H,3H2,1-2H3,(H,15,17)(H,18,19). The summed E-state index contributed by atoms with van der Waals surface area (Å²) in [5, 5.41) is 21.9. The van der Waals surface area contributed by atoms with Gasteiger partial charge in [-0.25, -0.2) is 9.18 Å². The highest BCUT2D eigenvalue weighted by atomic mass is 19.1. The number of halogens is 1. The number of carboxylic acids is 1. The van der Waals surface area contributed by atoms with Crippen LogP contribution in [0.5, 0.6) is 0 Å². The average molecular weight is 298 g/mol. The van der Waals surface area contributed by atoms with Gasteiger partial charge in [-0.1, -0.05) is 13.8 Å². The molecule has 1 rings (SSSR count). The molecule has 0 fully saturated rings. The number of benzene rings is 1. The number of nitrogens with zero attached hydrogens (tertiary/aromatic N) is 1. The highest BCUT2D eigenvalue weighted by molar-refractivity contribution is 5.97. The minimum Gasteiger partial charge on any atom is -0.480 e. The van der Waals surface area contributed by atoms with Crippen LogP contribution in [0, 0.1) is 21.8 Å². The molecule has 0 aliphatic heterocycles. The normalized spacial score (nSPS) is 12.0. The molecule has 0 spiro atoms. The van der Waals surface area contributed by atoms with E-state index in [1.54, 1.807) is 13.8 Å². The summed E-state index contributed by atoms with van der Waals surface area (Å²) in [5.74, 6) is -3.01. The fourth-order valence-corrected chi connectivity index (χ4v) is 1.75. The molecule has 114 valence electrons. The number of hydrogen-bond acceptors (Lipinski definition) is 4. The van der Waals surface area contributed by atoms with Crippen molar-refractivity contribution in [3.05, 3.63) is 39.7 Å². The Hall–Kier alpha value is -2.51. The molecule has 0 saturated heterocycles. The van der Waals surface area contributed by atoms with Crippen molar-refractivity contribution >= 4 is 17.6 Å². The van der Waals surface area contributed by atoms with Crippen LogP contribution in [0.15, 0.2) is 18.2 Å². The minimum absolute atomic E-state index is 0.0215. The largest absolute Gasteiger partial charge is 0.480 e. The first kappa shape index (κ1) is 16.5. The van der Waals surface area contributed by atoms with Gasteiger partial charge >= 0.3 is 5.97 Å². The van der Waals surface area contributed by atoms with Crippen LogP contribution in [-0.4, -0.2) is 27.9 Å². The van der Waals surface area contributed by atoms with Crippen molar-refractivity contribution in [3.63, 3.8) is 0 Å². The third kappa shape index (κ3) is 4.83. The van der Waals surface area contributed by atoms with Crippen LogP contribution in [0.1, 0.15) is 30.6 Å². The summed E-state index contributed by atoms with van der Waals surface area (Å²) < 4.78 is 13.3. The fourth-order valence-electron chi connectivity index (χ4n) is 1.75. The number of nitrogens with one attached hydrogen (secondary N) is 1. The topological polar surface area (TPSA) is 110 Å². The second-order valence-electron chi connectivity index (χ2n) is 4.95. The molecule has 0 aromatic heterocycles. The first-order chi connectivity index (χ1) is 9.70. The molecule has 1 unspecified atom stereocenters. The quantitative estimate of drug-likeness (QED) is 0.616. The zero-order chi connectivity index (χ0) is 16.2. The summed E-state index contributed by atoms with van der Waals surface area (Å²) in [6, 6.07) is 1.25. The lowest BCUT2D eigenvalue weighted by molar-refractivity contribution is -0.385. The highest BCUT2D eigenvalue weighted by Crippen LogP contribution is 2.16. The molecule has 2 N–H and O–H groups in total. The van der Waals surface area contributed by atoms with Gasteiger partial charge in [-0.05, 0) is 18.4 Å². The Balaban J connectivity index is 2.97. The van der Waals surface area contributed by atoms with Crippen molar-refractivity contribution in [1.82, 2.24) is 5.32 Å². The smallest absolute Gasteiger partial charge is 0.326 e. The van der Waals surface area contributed by atoms with Gasteiger partial charge in [-0.2, -0.15) is 0 Å². The van der Waals surface area contributed by atoms with E-state index in [0.29, 0.717) is 6.07 Å². The van der Waals surface area contributed by atoms with E-state index in [-0.39, 0.29) is 17.9 Å². The molecule has 0 saturated carbocycles. The highest BCUT2D eigenvalue weighted by Gasteiger charge is 2.23. The predicted molar refractivity (Wildman–Crippen MR) is 71.4 cm³/mol. The fraction of sp³-hybridized carbons (Fsp3) is 0.385. The van der Waals surface area contributed by atoms with Gasteiger partial charge in [0.1, 0.15) is 11.9 Å². The number of amides is 1. The molecule has 0 aliphatic carbocycles. The first-order valence-corrected chi connectivity index (χ1v) is 6.19. The number of rotatable bonds is 6. The first-order valence-electron chi connectivity index (χ1n) is 6.19. The molecule has 8 heteroatoms. The summed E-state index contributed by atoms with van der Waals surface area (Å²) in [6.07, 6.45) is 0.193. The summed E-state index contributed by atoms with van der Waals surface area (Å²) in [7, 11) is 0. The summed E-state index contributed by atoms with van der Waals surface area (Å²) in [5.41, 5.74) is -0.868. The Kier molecular flexibility index (Phi) is 5.34. The average Bonchev–Trinajstić information content (AvgIpc) is 2.36. The maximum atomic E-state index is 13.3. The van der Waals surface area contributed by atoms with Crippen LogP contribution in [0.25, 0.3) is 0 Å². The molecule has 1 aromatic carbocycles. The van der Waals surface area contributed by atoms with Gasteiger partial charge < -0.3 is 10.4 Å². The van der Waals surface area contributed by atoms with E-state index in [0.717, 1.165) is 12.1 Å². The minimum atomic E-state index is -1.22. The molecule has 1 amide bonds. The monoisotopic (exact) mass is 298 g/mol. The predicted octanol–water partition coefficient (Wildman–Crippen LogP) is 1.96. The third-order valence-corrected chi connectivity index (χ3v) is 2.67. The van der Waals surface area contributed by atoms with Gasteiger partial charge in [0, 0.05) is 11.6 Å². The number of nitro benzene ring substituents is 1. The van der Waals surface area contributed by atoms with Crippen LogP contribution in [0.2, 0.25) is 0 Å². The van der Waals surface area contributed by atoms with Crippen molar-refractivity contribution in [3.8, 4) is 0 Å². The van der Waals surface area contributed by atoms with Crippen LogP contribution in [-0.2, 0) is 4.79 Å². The number of carboxylic acid groups (broad SMARTS) is 1. The second-order valence-corrected chi connectivity index (χ2v) is 4.95. The number of aliphatic carboxylic acids is 1. The number of hydrogen-bond donors (Lipinski definition) is 2. The van der Waals surface area contributed by atoms with E-state index in [1.165, 1.54) is 0 Å². The Morgan fingerprint density at radius 3 is 2.48 bits per heavy atom. The Labute approximate surface area is 119 Å². The zero-order valence-electron chi connectivity index (χ0n) is 11.5. The second kappa shape index (κ2) is 6.78. The van der Waals surface area contributed by atoms with Crippen LogP contribution in [0.3, 0.4) is 0 Å². The lowest BCUT2D eigenvalue weighted by atomic mass is 10.0. The molecule has 0 aliphatic rings. The number of non-ortho nitro benzene ring substituents is 1. The van der Waals surface area contributed by atoms with Crippen LogP contribution < -0.4 is 5.32 Å². The Morgan fingerprint density at radius 2 is 2.00 bits per heavy atom. The molecule has 0 radical (unpaired) electrons. The van der Waals surface area contributed by atoms with Crippen LogP contribution in [0.4, 0.5) is 10.1 Å². The van der Waals surface area contributed by atoms with E-state index in [1.807, 2.05) is 0 Å². The van der Waals surface area contributed by atoms with Gasteiger partial charge in [0.15, 0.2) is 0 Å². The molecule has 0 bridgehead atoms. The molecule has 0 heterocycles. The maximum Gasteiger partial charge on any atom is 0.326 e. The van der Waals surface area contributed by atoms with Gasteiger partial charge in [0.25, 0.3) is 11.6 Å². The summed E-state index contributed by atoms with van der Waals surface area (Å²) in [4.78, 5) is 32.7. The lowest BCUT2D eigenvalue weighted by Crippen LogP contribution is -2.41. The van der Waals surface area contributed by atoms with E-state index >= 15 is 0 Å². The maximum absolute atomic E-state index is 13.3. The van der Waals surface area contributed by atoms with Gasteiger partial charge in [-0.15, -0.1) is 0 Å². The molecule has 1 aromatic rings. The molecule has 21 heavy (non-hydrogen) atoms. The van der Waals surface area contributed by atoms with E-state index in [2.05, 4.69) is 5.32 Å². The van der Waals surface area contributed by atoms with Crippen LogP contribution >= 0.6 is 0 Å². The Bertz CT molecular complexity index is 574. The lowest BCUT2D eigenvalue weighted by Gasteiger charge is -2.16. The molecule has 7 nitrogen and oxygen atoms in total. The Morgan fingerprint density at radius 1 is 1.38 bits per heavy atom. The number of carbonyl (C=O) groups is 2. The van der Waals surface area contributed by atoms with Crippen molar-refractivity contribution in [1.29, 1.82) is 0 Å².